The molecule has 0 aliphatic heterocycles. The van der Waals surface area contributed by atoms with Crippen LogP contribution in [0.25, 0.3) is 0 Å². The molecule has 0 heterocycles. The molecule has 2 atom stereocenters. The van der Waals surface area contributed by atoms with E-state index in [0.717, 1.165) is 5.56 Å². The molecule has 0 fully saturated rings. The van der Waals surface area contributed by atoms with Crippen LogP contribution in [0.15, 0.2) is 48.5 Å². The zero-order valence-electron chi connectivity index (χ0n) is 13.5. The Labute approximate surface area is 141 Å². The van der Waals surface area contributed by atoms with Crippen molar-refractivity contribution in [2.45, 2.75) is 13.0 Å². The van der Waals surface area contributed by atoms with Gasteiger partial charge in [0, 0.05) is 18.8 Å². The van der Waals surface area contributed by atoms with Gasteiger partial charge in [-0.1, -0.05) is 48.9 Å². The van der Waals surface area contributed by atoms with Gasteiger partial charge in [0.2, 0.25) is 5.91 Å². The molecule has 0 aromatic heterocycles. The lowest BCUT2D eigenvalue weighted by Gasteiger charge is -2.26. The lowest BCUT2D eigenvalue weighted by Crippen LogP contribution is -2.37. The van der Waals surface area contributed by atoms with Crippen LogP contribution >= 0.6 is 11.6 Å². The number of methoxy groups -OCH3 is 1. The number of rotatable bonds is 5. The minimum absolute atomic E-state index is 0.0670. The number of halogens is 1. The largest absolute Gasteiger partial charge is 0.495 e. The first kappa shape index (κ1) is 17.3. The fourth-order valence-electron chi connectivity index (χ4n) is 2.41. The van der Waals surface area contributed by atoms with Crippen LogP contribution in [0.5, 0.6) is 5.75 Å². The van der Waals surface area contributed by atoms with E-state index in [1.165, 1.54) is 0 Å². The molecule has 0 aliphatic rings. The van der Waals surface area contributed by atoms with Gasteiger partial charge >= 0.3 is 0 Å². The van der Waals surface area contributed by atoms with Crippen molar-refractivity contribution >= 4 is 23.2 Å². The third-order valence-electron chi connectivity index (χ3n) is 3.97. The molecule has 2 aromatic rings. The number of nitrogens with two attached hydrogens (primary N) is 1. The Bertz CT molecular complexity index is 676. The van der Waals surface area contributed by atoms with E-state index in [2.05, 4.69) is 0 Å². The monoisotopic (exact) mass is 332 g/mol. The maximum Gasteiger partial charge on any atom is 0.231 e. The van der Waals surface area contributed by atoms with Crippen LogP contribution in [0.1, 0.15) is 18.5 Å². The van der Waals surface area contributed by atoms with Crippen molar-refractivity contribution in [1.29, 1.82) is 0 Å². The zero-order valence-corrected chi connectivity index (χ0v) is 14.2. The van der Waals surface area contributed by atoms with Crippen LogP contribution in [0.2, 0.25) is 5.02 Å². The van der Waals surface area contributed by atoms with E-state index in [4.69, 9.17) is 22.1 Å². The number of nitrogens with zero attached hydrogens (tertiary/aromatic N) is 1. The molecular weight excluding hydrogens is 312 g/mol. The molecule has 0 aliphatic carbocycles. The highest BCUT2D eigenvalue weighted by atomic mass is 35.5. The molecule has 0 bridgehead atoms. The number of carbonyl (C=O) groups excluding carboxylic acids is 1. The van der Waals surface area contributed by atoms with E-state index in [9.17, 15) is 4.79 Å². The summed E-state index contributed by atoms with van der Waals surface area (Å²) < 4.78 is 5.13. The molecule has 1 amide bonds. The van der Waals surface area contributed by atoms with Gasteiger partial charge in [-0.15, -0.1) is 0 Å². The fourth-order valence-corrected chi connectivity index (χ4v) is 2.67. The normalized spacial score (nSPS) is 13.3. The molecule has 0 radical (unpaired) electrons. The lowest BCUT2D eigenvalue weighted by molar-refractivity contribution is -0.122. The molecule has 2 aromatic carbocycles. The number of hydrogen-bond donors (Lipinski definition) is 1. The van der Waals surface area contributed by atoms with E-state index < -0.39 is 0 Å². The van der Waals surface area contributed by atoms with Crippen molar-refractivity contribution in [3.63, 3.8) is 0 Å². The second kappa shape index (κ2) is 7.49. The fraction of sp³-hybridized carbons (Fsp3) is 0.278. The summed E-state index contributed by atoms with van der Waals surface area (Å²) in [5.41, 5.74) is 7.88. The van der Waals surface area contributed by atoms with Crippen molar-refractivity contribution in [3.8, 4) is 5.75 Å². The van der Waals surface area contributed by atoms with Crippen LogP contribution in [0, 0.1) is 5.92 Å². The Balaban J connectivity index is 2.17. The minimum atomic E-state index is -0.361. The zero-order chi connectivity index (χ0) is 17.0. The summed E-state index contributed by atoms with van der Waals surface area (Å²) in [6.45, 7) is 1.83. The maximum absolute atomic E-state index is 12.7. The van der Waals surface area contributed by atoms with Crippen molar-refractivity contribution in [2.75, 3.05) is 19.1 Å². The molecule has 5 heteroatoms. The topological polar surface area (TPSA) is 55.6 Å². The molecule has 2 N–H and O–H groups in total. The van der Waals surface area contributed by atoms with Gasteiger partial charge in [-0.2, -0.15) is 0 Å². The van der Waals surface area contributed by atoms with E-state index in [-0.39, 0.29) is 17.9 Å². The molecule has 0 saturated carbocycles. The number of hydrogen-bond acceptors (Lipinski definition) is 3. The van der Waals surface area contributed by atoms with Crippen LogP contribution < -0.4 is 15.4 Å². The first-order valence-electron chi connectivity index (χ1n) is 7.37. The predicted molar refractivity (Wildman–Crippen MR) is 93.9 cm³/mol. The first-order valence-corrected chi connectivity index (χ1v) is 7.75. The van der Waals surface area contributed by atoms with Gasteiger partial charge in [-0.05, 0) is 23.8 Å². The summed E-state index contributed by atoms with van der Waals surface area (Å²) in [6, 6.07) is 14.5. The average Bonchev–Trinajstić information content (AvgIpc) is 2.59. The van der Waals surface area contributed by atoms with Crippen LogP contribution in [-0.2, 0) is 4.79 Å². The van der Waals surface area contributed by atoms with E-state index in [1.807, 2.05) is 37.3 Å². The molecule has 2 unspecified atom stereocenters. The van der Waals surface area contributed by atoms with Gasteiger partial charge in [0.15, 0.2) is 0 Å². The molecule has 23 heavy (non-hydrogen) atoms. The van der Waals surface area contributed by atoms with Crippen molar-refractivity contribution in [1.82, 2.24) is 0 Å². The second-order valence-corrected chi connectivity index (χ2v) is 5.85. The lowest BCUT2D eigenvalue weighted by atomic mass is 9.94. The summed E-state index contributed by atoms with van der Waals surface area (Å²) in [7, 11) is 3.27. The molecule has 2 rings (SSSR count). The third-order valence-corrected chi connectivity index (χ3v) is 4.26. The van der Waals surface area contributed by atoms with Gasteiger partial charge in [0.25, 0.3) is 0 Å². The van der Waals surface area contributed by atoms with E-state index in [1.54, 1.807) is 37.3 Å². The standard InChI is InChI=1S/C18H21ClN2O2/c1-12(17(20)13-7-5-4-6-8-13)18(22)21(2)14-9-10-16(23-3)15(19)11-14/h4-12,17H,20H2,1-3H3. The third kappa shape index (κ3) is 3.84. The summed E-state index contributed by atoms with van der Waals surface area (Å²) in [5.74, 6) is 0.149. The van der Waals surface area contributed by atoms with E-state index in [0.29, 0.717) is 16.5 Å². The summed E-state index contributed by atoms with van der Waals surface area (Å²) in [6.07, 6.45) is 0. The number of benzene rings is 2. The quantitative estimate of drug-likeness (QED) is 0.909. The Morgan fingerprint density at radius 2 is 1.87 bits per heavy atom. The van der Waals surface area contributed by atoms with Gasteiger partial charge in [0.05, 0.1) is 18.1 Å². The molecular formula is C18H21ClN2O2. The smallest absolute Gasteiger partial charge is 0.231 e. The van der Waals surface area contributed by atoms with Crippen LogP contribution in [-0.4, -0.2) is 20.1 Å². The average molecular weight is 333 g/mol. The van der Waals surface area contributed by atoms with Crippen molar-refractivity contribution in [3.05, 3.63) is 59.1 Å². The summed E-state index contributed by atoms with van der Waals surface area (Å²) >= 11 is 6.13. The SMILES string of the molecule is COc1ccc(N(C)C(=O)C(C)C(N)c2ccccc2)cc1Cl. The number of amides is 1. The number of carbonyl (C=O) groups is 1. The Kier molecular flexibility index (Phi) is 5.64. The van der Waals surface area contributed by atoms with Crippen molar-refractivity contribution < 1.29 is 9.53 Å². The van der Waals surface area contributed by atoms with Gasteiger partial charge in [-0.25, -0.2) is 0 Å². The summed E-state index contributed by atoms with van der Waals surface area (Å²) in [5, 5.41) is 0.463. The van der Waals surface area contributed by atoms with Gasteiger partial charge in [0.1, 0.15) is 5.75 Å². The predicted octanol–water partition coefficient (Wildman–Crippen LogP) is 3.65. The minimum Gasteiger partial charge on any atom is -0.495 e. The van der Waals surface area contributed by atoms with Crippen LogP contribution in [0.3, 0.4) is 0 Å². The Hall–Kier alpha value is -2.04. The summed E-state index contributed by atoms with van der Waals surface area (Å²) in [4.78, 5) is 14.3. The second-order valence-electron chi connectivity index (χ2n) is 5.44. The molecule has 122 valence electrons. The van der Waals surface area contributed by atoms with Gasteiger partial charge in [-0.3, -0.25) is 4.79 Å². The Morgan fingerprint density at radius 3 is 2.43 bits per heavy atom. The number of ether oxygens (including phenoxy) is 1. The molecule has 0 saturated heterocycles. The Morgan fingerprint density at radius 1 is 1.22 bits per heavy atom. The highest BCUT2D eigenvalue weighted by Gasteiger charge is 2.25. The van der Waals surface area contributed by atoms with Gasteiger partial charge < -0.3 is 15.4 Å². The molecule has 4 nitrogen and oxygen atoms in total. The van der Waals surface area contributed by atoms with E-state index >= 15 is 0 Å². The van der Waals surface area contributed by atoms with Crippen molar-refractivity contribution in [2.24, 2.45) is 11.7 Å². The van der Waals surface area contributed by atoms with Crippen LogP contribution in [0.4, 0.5) is 5.69 Å². The highest BCUT2D eigenvalue weighted by molar-refractivity contribution is 6.32. The molecule has 0 spiro atoms. The first-order chi connectivity index (χ1) is 11.0. The maximum atomic E-state index is 12.7. The number of anilines is 1. The highest BCUT2D eigenvalue weighted by Crippen LogP contribution is 2.30.